The summed E-state index contributed by atoms with van der Waals surface area (Å²) in [7, 11) is 0. The fourth-order valence-electron chi connectivity index (χ4n) is 4.30. The predicted molar refractivity (Wildman–Crippen MR) is 140 cm³/mol. The number of halogens is 3. The summed E-state index contributed by atoms with van der Waals surface area (Å²) in [5.74, 6) is 1.23. The van der Waals surface area contributed by atoms with Crippen molar-refractivity contribution in [3.05, 3.63) is 79.0 Å². The minimum absolute atomic E-state index is 0. The minimum Gasteiger partial charge on any atom is -0.485 e. The van der Waals surface area contributed by atoms with Gasteiger partial charge in [-0.3, -0.25) is 4.40 Å². The van der Waals surface area contributed by atoms with Crippen molar-refractivity contribution in [1.82, 2.24) is 24.9 Å². The van der Waals surface area contributed by atoms with E-state index in [1.165, 1.54) is 0 Å². The molecule has 1 aliphatic heterocycles. The van der Waals surface area contributed by atoms with Gasteiger partial charge in [-0.15, -0.1) is 35.0 Å². The number of alkyl halides is 1. The molecule has 1 aliphatic rings. The van der Waals surface area contributed by atoms with Gasteiger partial charge in [0.25, 0.3) is 0 Å². The quantitative estimate of drug-likeness (QED) is 0.343. The maximum atomic E-state index is 14.4. The lowest BCUT2D eigenvalue weighted by Gasteiger charge is -2.27. The zero-order valence-corrected chi connectivity index (χ0v) is 20.3. The van der Waals surface area contributed by atoms with Crippen LogP contribution in [0.4, 0.5) is 4.39 Å². The Kier molecular flexibility index (Phi) is 7.50. The average Bonchev–Trinajstić information content (AvgIpc) is 3.29. The first kappa shape index (κ1) is 24.9. The summed E-state index contributed by atoms with van der Waals surface area (Å²) in [5, 5.41) is 12.7. The van der Waals surface area contributed by atoms with Crippen LogP contribution in [0.1, 0.15) is 6.42 Å². The van der Waals surface area contributed by atoms with Crippen LogP contribution >= 0.6 is 24.8 Å². The highest BCUT2D eigenvalue weighted by Gasteiger charge is 2.27. The molecule has 2 atom stereocenters. The summed E-state index contributed by atoms with van der Waals surface area (Å²) in [6.45, 7) is 1.05. The van der Waals surface area contributed by atoms with E-state index in [9.17, 15) is 4.39 Å². The largest absolute Gasteiger partial charge is 0.485 e. The SMILES string of the molecule is Cl.Cl.F[C@@H]1CNCC[C@@H]1Oc1cccc2ccc(-c3nnc4ccc(-c5ccccc5)cn34)nc12. The monoisotopic (exact) mass is 511 g/mol. The number of pyridine rings is 2. The normalized spacial score (nSPS) is 17.5. The van der Waals surface area contributed by atoms with Crippen LogP contribution in [-0.2, 0) is 0 Å². The molecular weight excluding hydrogens is 488 g/mol. The summed E-state index contributed by atoms with van der Waals surface area (Å²) in [4.78, 5) is 4.87. The topological polar surface area (TPSA) is 64.3 Å². The molecule has 1 fully saturated rings. The molecule has 5 aromatic rings. The van der Waals surface area contributed by atoms with Crippen LogP contribution in [-0.4, -0.2) is 44.9 Å². The first-order chi connectivity index (χ1) is 16.3. The van der Waals surface area contributed by atoms with E-state index in [1.54, 1.807) is 0 Å². The number of hydrogen-bond donors (Lipinski definition) is 1. The first-order valence-corrected chi connectivity index (χ1v) is 11.1. The summed E-state index contributed by atoms with van der Waals surface area (Å²) < 4.78 is 22.4. The van der Waals surface area contributed by atoms with Gasteiger partial charge < -0.3 is 10.1 Å². The number of para-hydroxylation sites is 1. The third kappa shape index (κ3) is 4.80. The number of ether oxygens (including phenoxy) is 1. The molecule has 0 saturated carbocycles. The van der Waals surface area contributed by atoms with E-state index in [4.69, 9.17) is 9.72 Å². The lowest BCUT2D eigenvalue weighted by Crippen LogP contribution is -2.44. The molecular formula is C26H24Cl2FN5O. The van der Waals surface area contributed by atoms with Crippen LogP contribution in [0.5, 0.6) is 5.75 Å². The molecule has 0 bridgehead atoms. The molecule has 180 valence electrons. The summed E-state index contributed by atoms with van der Waals surface area (Å²) >= 11 is 0. The average molecular weight is 512 g/mol. The van der Waals surface area contributed by atoms with Gasteiger partial charge in [-0.05, 0) is 48.4 Å². The van der Waals surface area contributed by atoms with E-state index < -0.39 is 12.3 Å². The van der Waals surface area contributed by atoms with Crippen molar-refractivity contribution in [1.29, 1.82) is 0 Å². The number of nitrogens with zero attached hydrogens (tertiary/aromatic N) is 4. The third-order valence-corrected chi connectivity index (χ3v) is 6.05. The van der Waals surface area contributed by atoms with Crippen molar-refractivity contribution in [2.75, 3.05) is 13.1 Å². The summed E-state index contributed by atoms with van der Waals surface area (Å²) in [5.41, 5.74) is 4.29. The van der Waals surface area contributed by atoms with Gasteiger partial charge in [0.2, 0.25) is 0 Å². The molecule has 6 rings (SSSR count). The Morgan fingerprint density at radius 2 is 1.74 bits per heavy atom. The van der Waals surface area contributed by atoms with E-state index in [2.05, 4.69) is 27.6 Å². The van der Waals surface area contributed by atoms with Gasteiger partial charge in [0.15, 0.2) is 11.5 Å². The lowest BCUT2D eigenvalue weighted by atomic mass is 10.1. The Labute approximate surface area is 214 Å². The number of nitrogens with one attached hydrogen (secondary N) is 1. The molecule has 0 amide bonds. The van der Waals surface area contributed by atoms with Crippen LogP contribution in [0.2, 0.25) is 0 Å². The molecule has 0 aliphatic carbocycles. The van der Waals surface area contributed by atoms with E-state index in [0.29, 0.717) is 35.8 Å². The first-order valence-electron chi connectivity index (χ1n) is 11.1. The van der Waals surface area contributed by atoms with Crippen molar-refractivity contribution in [2.45, 2.75) is 18.7 Å². The van der Waals surface area contributed by atoms with E-state index in [-0.39, 0.29) is 24.8 Å². The van der Waals surface area contributed by atoms with Gasteiger partial charge in [-0.25, -0.2) is 9.37 Å². The Balaban J connectivity index is 0.00000144. The number of rotatable bonds is 4. The molecule has 35 heavy (non-hydrogen) atoms. The highest BCUT2D eigenvalue weighted by molar-refractivity contribution is 5.86. The molecule has 3 aromatic heterocycles. The zero-order valence-electron chi connectivity index (χ0n) is 18.7. The second-order valence-electron chi connectivity index (χ2n) is 8.23. The molecule has 1 N–H and O–H groups in total. The Hall–Kier alpha value is -3.26. The van der Waals surface area contributed by atoms with Gasteiger partial charge in [-0.2, -0.15) is 0 Å². The summed E-state index contributed by atoms with van der Waals surface area (Å²) in [6, 6.07) is 23.8. The molecule has 0 spiro atoms. The number of benzene rings is 2. The van der Waals surface area contributed by atoms with Crippen LogP contribution < -0.4 is 10.1 Å². The maximum Gasteiger partial charge on any atom is 0.187 e. The van der Waals surface area contributed by atoms with Crippen LogP contribution in [0.15, 0.2) is 79.0 Å². The molecule has 2 aromatic carbocycles. The molecule has 6 nitrogen and oxygen atoms in total. The van der Waals surface area contributed by atoms with Crippen molar-refractivity contribution in [3.8, 4) is 28.4 Å². The van der Waals surface area contributed by atoms with Crippen LogP contribution in [0.25, 0.3) is 39.2 Å². The molecule has 1 saturated heterocycles. The van der Waals surface area contributed by atoms with E-state index in [0.717, 1.165) is 28.7 Å². The second kappa shape index (κ2) is 10.6. The Morgan fingerprint density at radius 1 is 0.886 bits per heavy atom. The standard InChI is InChI=1S/C26H22FN5O.2ClH/c27-20-15-28-14-13-22(20)33-23-8-4-7-18-9-11-21(29-25(18)23)26-31-30-24-12-10-19(16-32(24)26)17-5-2-1-3-6-17;;/h1-12,16,20,22,28H,13-15H2;2*1H/t20-,22+;;/m1../s1. The van der Waals surface area contributed by atoms with E-state index >= 15 is 0 Å². The van der Waals surface area contributed by atoms with Gasteiger partial charge in [0, 0.05) is 18.1 Å². The van der Waals surface area contributed by atoms with Gasteiger partial charge in [0.05, 0.1) is 0 Å². The fraction of sp³-hybridized carbons (Fsp3) is 0.192. The number of aromatic nitrogens is 4. The molecule has 9 heteroatoms. The summed E-state index contributed by atoms with van der Waals surface area (Å²) in [6.07, 6.45) is 1.12. The second-order valence-corrected chi connectivity index (χ2v) is 8.23. The highest BCUT2D eigenvalue weighted by atomic mass is 35.5. The van der Waals surface area contributed by atoms with Crippen molar-refractivity contribution >= 4 is 41.4 Å². The highest BCUT2D eigenvalue weighted by Crippen LogP contribution is 2.30. The Morgan fingerprint density at radius 3 is 2.57 bits per heavy atom. The van der Waals surface area contributed by atoms with Crippen LogP contribution in [0.3, 0.4) is 0 Å². The van der Waals surface area contributed by atoms with Gasteiger partial charge >= 0.3 is 0 Å². The molecule has 0 unspecified atom stereocenters. The number of piperidine rings is 1. The number of fused-ring (bicyclic) bond motifs is 2. The van der Waals surface area contributed by atoms with Crippen LogP contribution in [0, 0.1) is 0 Å². The Bertz CT molecular complexity index is 1450. The smallest absolute Gasteiger partial charge is 0.187 e. The van der Waals surface area contributed by atoms with Crippen molar-refractivity contribution in [2.24, 2.45) is 0 Å². The predicted octanol–water partition coefficient (Wildman–Crippen LogP) is 5.53. The van der Waals surface area contributed by atoms with Gasteiger partial charge in [-0.1, -0.05) is 48.5 Å². The zero-order chi connectivity index (χ0) is 22.2. The lowest BCUT2D eigenvalue weighted by molar-refractivity contribution is 0.0742. The number of hydrogen-bond acceptors (Lipinski definition) is 5. The molecule has 0 radical (unpaired) electrons. The molecule has 4 heterocycles. The van der Waals surface area contributed by atoms with Crippen molar-refractivity contribution < 1.29 is 9.13 Å². The van der Waals surface area contributed by atoms with E-state index in [1.807, 2.05) is 71.3 Å². The van der Waals surface area contributed by atoms with Gasteiger partial charge in [0.1, 0.15) is 29.2 Å². The minimum atomic E-state index is -1.05. The van der Waals surface area contributed by atoms with Crippen molar-refractivity contribution in [3.63, 3.8) is 0 Å². The maximum absolute atomic E-state index is 14.4. The fourth-order valence-corrected chi connectivity index (χ4v) is 4.30. The third-order valence-electron chi connectivity index (χ3n) is 6.05.